The molecular weight excluding hydrogens is 326 g/mol. The third-order valence-corrected chi connectivity index (χ3v) is 4.01. The number of carbonyl (C=O) groups excluding carboxylic acids is 1. The Bertz CT molecular complexity index is 831. The van der Waals surface area contributed by atoms with Crippen molar-refractivity contribution in [3.05, 3.63) is 29.0 Å². The summed E-state index contributed by atoms with van der Waals surface area (Å²) in [5, 5.41) is 7.12. The van der Waals surface area contributed by atoms with Crippen molar-refractivity contribution < 1.29 is 9.32 Å². The highest BCUT2D eigenvalue weighted by molar-refractivity contribution is 8.00. The third kappa shape index (κ3) is 3.23. The lowest BCUT2D eigenvalue weighted by atomic mass is 10.4. The summed E-state index contributed by atoms with van der Waals surface area (Å²) in [6, 6.07) is 3.39. The van der Waals surface area contributed by atoms with Crippen molar-refractivity contribution in [2.75, 3.05) is 5.32 Å². The second-order valence-corrected chi connectivity index (χ2v) is 6.41. The van der Waals surface area contributed by atoms with E-state index in [0.717, 1.165) is 5.52 Å². The maximum Gasteiger partial charge on any atom is 0.240 e. The number of fused-ring (bicyclic) bond motifs is 1. The first-order chi connectivity index (χ1) is 10.5. The van der Waals surface area contributed by atoms with E-state index in [1.807, 2.05) is 0 Å². The quantitative estimate of drug-likeness (QED) is 0.710. The van der Waals surface area contributed by atoms with Gasteiger partial charge < -0.3 is 9.51 Å². The van der Waals surface area contributed by atoms with Crippen molar-refractivity contribution in [3.8, 4) is 0 Å². The van der Waals surface area contributed by atoms with Crippen LogP contribution in [0.1, 0.15) is 12.6 Å². The fraction of sp³-hybridized carbons (Fsp3) is 0.231. The lowest BCUT2D eigenvalue weighted by molar-refractivity contribution is -0.115. The van der Waals surface area contributed by atoms with Crippen LogP contribution in [0.15, 0.2) is 28.0 Å². The molecule has 2 N–H and O–H groups in total. The molecule has 1 atom stereocenters. The number of pyridine rings is 1. The smallest absolute Gasteiger partial charge is 0.240 e. The molecule has 3 aromatic rings. The maximum atomic E-state index is 12.1. The van der Waals surface area contributed by atoms with Gasteiger partial charge in [0.05, 0.1) is 21.5 Å². The second kappa shape index (κ2) is 5.98. The fourth-order valence-electron chi connectivity index (χ4n) is 1.77. The second-order valence-electron chi connectivity index (χ2n) is 4.65. The molecule has 0 aliphatic carbocycles. The molecule has 3 rings (SSSR count). The van der Waals surface area contributed by atoms with Crippen LogP contribution < -0.4 is 5.32 Å². The number of aromatic amines is 1. The minimum absolute atomic E-state index is 0.201. The Morgan fingerprint density at radius 2 is 2.32 bits per heavy atom. The summed E-state index contributed by atoms with van der Waals surface area (Å²) in [5.74, 6) is 0.126. The van der Waals surface area contributed by atoms with Crippen LogP contribution >= 0.6 is 23.4 Å². The van der Waals surface area contributed by atoms with Gasteiger partial charge in [0.2, 0.25) is 11.8 Å². The molecule has 0 unspecified atom stereocenters. The van der Waals surface area contributed by atoms with E-state index in [-0.39, 0.29) is 11.2 Å². The normalized spacial score (nSPS) is 12.5. The molecule has 3 heterocycles. The van der Waals surface area contributed by atoms with Crippen LogP contribution in [0.2, 0.25) is 5.02 Å². The van der Waals surface area contributed by atoms with Gasteiger partial charge >= 0.3 is 0 Å². The summed E-state index contributed by atoms with van der Waals surface area (Å²) in [7, 11) is 0. The molecule has 0 fully saturated rings. The van der Waals surface area contributed by atoms with Crippen molar-refractivity contribution in [2.45, 2.75) is 24.3 Å². The Morgan fingerprint density at radius 3 is 3.05 bits per heavy atom. The molecule has 114 valence electrons. The average molecular weight is 338 g/mol. The van der Waals surface area contributed by atoms with Crippen molar-refractivity contribution in [3.63, 3.8) is 0 Å². The number of aromatic nitrogens is 4. The monoisotopic (exact) mass is 337 g/mol. The van der Waals surface area contributed by atoms with E-state index >= 15 is 0 Å². The molecule has 9 heteroatoms. The summed E-state index contributed by atoms with van der Waals surface area (Å²) in [4.78, 5) is 23.6. The van der Waals surface area contributed by atoms with E-state index < -0.39 is 0 Å². The number of nitrogens with zero attached hydrogens (tertiary/aromatic N) is 3. The lowest BCUT2D eigenvalue weighted by Crippen LogP contribution is -2.22. The van der Waals surface area contributed by atoms with E-state index in [2.05, 4.69) is 25.4 Å². The number of H-pyrrole nitrogens is 1. The highest BCUT2D eigenvalue weighted by atomic mass is 35.5. The van der Waals surface area contributed by atoms with Gasteiger partial charge in [-0.05, 0) is 19.9 Å². The lowest BCUT2D eigenvalue weighted by Gasteiger charge is -2.07. The molecule has 0 bridgehead atoms. The van der Waals surface area contributed by atoms with Gasteiger partial charge in [0.15, 0.2) is 10.8 Å². The molecule has 0 saturated heterocycles. The molecule has 0 aliphatic rings. The van der Waals surface area contributed by atoms with E-state index in [4.69, 9.17) is 16.1 Å². The van der Waals surface area contributed by atoms with Gasteiger partial charge in [0.25, 0.3) is 0 Å². The number of rotatable bonds is 4. The van der Waals surface area contributed by atoms with Gasteiger partial charge in [0, 0.05) is 12.3 Å². The first kappa shape index (κ1) is 14.9. The topological polar surface area (TPSA) is 96.7 Å². The number of thioether (sulfide) groups is 1. The average Bonchev–Trinajstić information content (AvgIpc) is 3.04. The molecule has 0 aromatic carbocycles. The number of anilines is 1. The molecule has 3 aromatic heterocycles. The van der Waals surface area contributed by atoms with Crippen LogP contribution in [0.5, 0.6) is 0 Å². The minimum atomic E-state index is -0.374. The predicted octanol–water partition coefficient (Wildman–Crippen LogP) is 3.03. The zero-order chi connectivity index (χ0) is 15.7. The number of imidazole rings is 1. The van der Waals surface area contributed by atoms with Crippen LogP contribution in [0.25, 0.3) is 11.2 Å². The molecule has 0 saturated carbocycles. The zero-order valence-corrected chi connectivity index (χ0v) is 13.3. The molecule has 0 spiro atoms. The number of hydrogen-bond acceptors (Lipinski definition) is 6. The highest BCUT2D eigenvalue weighted by Crippen LogP contribution is 2.24. The number of aryl methyl sites for hydroxylation is 1. The standard InChI is InChI=1S/C13H12ClN5O2S/c1-6-3-10(21-19-6)17-12(20)7(2)22-13-16-9-4-8(14)5-15-11(9)18-13/h3-5,7H,1-2H3,(H,17,20)(H,15,16,18)/t7-/m1/s1. The Labute approximate surface area is 134 Å². The number of halogens is 1. The Balaban J connectivity index is 1.69. The summed E-state index contributed by atoms with van der Waals surface area (Å²) in [6.07, 6.45) is 1.53. The van der Waals surface area contributed by atoms with E-state index in [1.54, 1.807) is 26.0 Å². The van der Waals surface area contributed by atoms with E-state index in [9.17, 15) is 4.79 Å². The first-order valence-electron chi connectivity index (χ1n) is 6.43. The van der Waals surface area contributed by atoms with Crippen LogP contribution in [0, 0.1) is 6.92 Å². The van der Waals surface area contributed by atoms with Crippen LogP contribution in [-0.2, 0) is 4.79 Å². The van der Waals surface area contributed by atoms with E-state index in [0.29, 0.717) is 27.4 Å². The Morgan fingerprint density at radius 1 is 1.50 bits per heavy atom. The molecular formula is C13H12ClN5O2S. The number of carbonyl (C=O) groups is 1. The van der Waals surface area contributed by atoms with E-state index in [1.165, 1.54) is 18.0 Å². The van der Waals surface area contributed by atoms with Gasteiger partial charge in [-0.15, -0.1) is 0 Å². The molecule has 0 aliphatic heterocycles. The SMILES string of the molecule is Cc1cc(NC(=O)[C@@H](C)Sc2nc3ncc(Cl)cc3[nH]2)on1. The van der Waals surface area contributed by atoms with Gasteiger partial charge in [-0.25, -0.2) is 9.97 Å². The summed E-state index contributed by atoms with van der Waals surface area (Å²) in [5.41, 5.74) is 2.00. The Hall–Kier alpha value is -2.06. The van der Waals surface area contributed by atoms with Gasteiger partial charge in [0.1, 0.15) is 0 Å². The van der Waals surface area contributed by atoms with Crippen LogP contribution in [0.3, 0.4) is 0 Å². The van der Waals surface area contributed by atoms with Crippen LogP contribution in [-0.4, -0.2) is 31.3 Å². The van der Waals surface area contributed by atoms with Gasteiger partial charge in [-0.1, -0.05) is 28.5 Å². The van der Waals surface area contributed by atoms with Gasteiger partial charge in [-0.2, -0.15) is 0 Å². The molecule has 1 amide bonds. The largest absolute Gasteiger partial charge is 0.338 e. The predicted molar refractivity (Wildman–Crippen MR) is 84.1 cm³/mol. The summed E-state index contributed by atoms with van der Waals surface area (Å²) >= 11 is 7.16. The molecule has 7 nitrogen and oxygen atoms in total. The van der Waals surface area contributed by atoms with Crippen molar-refractivity contribution in [1.82, 2.24) is 20.1 Å². The van der Waals surface area contributed by atoms with Crippen molar-refractivity contribution in [1.29, 1.82) is 0 Å². The van der Waals surface area contributed by atoms with Crippen molar-refractivity contribution in [2.24, 2.45) is 0 Å². The highest BCUT2D eigenvalue weighted by Gasteiger charge is 2.18. The fourth-order valence-corrected chi connectivity index (χ4v) is 2.74. The number of nitrogens with one attached hydrogen (secondary N) is 2. The van der Waals surface area contributed by atoms with Gasteiger partial charge in [-0.3, -0.25) is 10.1 Å². The number of hydrogen-bond donors (Lipinski definition) is 2. The molecule has 22 heavy (non-hydrogen) atoms. The zero-order valence-electron chi connectivity index (χ0n) is 11.8. The minimum Gasteiger partial charge on any atom is -0.338 e. The first-order valence-corrected chi connectivity index (χ1v) is 7.69. The van der Waals surface area contributed by atoms with Crippen LogP contribution in [0.4, 0.5) is 5.88 Å². The Kier molecular flexibility index (Phi) is 4.04. The number of amides is 1. The summed E-state index contributed by atoms with van der Waals surface area (Å²) in [6.45, 7) is 3.56. The third-order valence-electron chi connectivity index (χ3n) is 2.81. The van der Waals surface area contributed by atoms with Crippen molar-refractivity contribution >= 4 is 46.3 Å². The summed E-state index contributed by atoms with van der Waals surface area (Å²) < 4.78 is 4.96. The molecule has 0 radical (unpaired) electrons. The maximum absolute atomic E-state index is 12.1.